The van der Waals surface area contributed by atoms with Crippen molar-refractivity contribution in [1.29, 1.82) is 0 Å². The molecule has 0 bridgehead atoms. The molecule has 3 N–H and O–H groups in total. The predicted octanol–water partition coefficient (Wildman–Crippen LogP) is 5.47. The fourth-order valence-corrected chi connectivity index (χ4v) is 3.30. The van der Waals surface area contributed by atoms with Crippen molar-refractivity contribution >= 4 is 28.0 Å². The molecule has 140 valence electrons. The number of anilines is 3. The zero-order valence-electron chi connectivity index (χ0n) is 16.1. The fourth-order valence-electron chi connectivity index (χ4n) is 3.30. The third-order valence-electron chi connectivity index (χ3n) is 4.76. The lowest BCUT2D eigenvalue weighted by Crippen LogP contribution is -1.96. The summed E-state index contributed by atoms with van der Waals surface area (Å²) >= 11 is 0. The van der Waals surface area contributed by atoms with Gasteiger partial charge >= 0.3 is 0 Å². The van der Waals surface area contributed by atoms with Gasteiger partial charge in [-0.25, -0.2) is 0 Å². The highest BCUT2D eigenvalue weighted by Crippen LogP contribution is 2.29. The van der Waals surface area contributed by atoms with Crippen LogP contribution in [0.4, 0.5) is 17.1 Å². The molecule has 28 heavy (non-hydrogen) atoms. The lowest BCUT2D eigenvalue weighted by molar-refractivity contribution is 0.415. The molecular weight excluding hydrogens is 346 g/mol. The first-order valence-corrected chi connectivity index (χ1v) is 9.26. The van der Waals surface area contributed by atoms with Gasteiger partial charge in [0.15, 0.2) is 0 Å². The highest BCUT2D eigenvalue weighted by Gasteiger charge is 2.07. The van der Waals surface area contributed by atoms with Crippen LogP contribution in [-0.4, -0.2) is 12.1 Å². The van der Waals surface area contributed by atoms with Gasteiger partial charge in [-0.3, -0.25) is 4.98 Å². The van der Waals surface area contributed by atoms with E-state index in [4.69, 9.17) is 10.5 Å². The molecule has 0 atom stereocenters. The van der Waals surface area contributed by atoms with E-state index < -0.39 is 0 Å². The largest absolute Gasteiger partial charge is 0.497 e. The summed E-state index contributed by atoms with van der Waals surface area (Å²) in [6.45, 7) is 2.00. The maximum absolute atomic E-state index is 5.76. The monoisotopic (exact) mass is 369 g/mol. The molecule has 0 saturated heterocycles. The molecule has 0 amide bonds. The number of aryl methyl sites for hydroxylation is 1. The summed E-state index contributed by atoms with van der Waals surface area (Å²) in [6, 6.07) is 24.5. The van der Waals surface area contributed by atoms with E-state index in [-0.39, 0.29) is 0 Å². The molecule has 0 spiro atoms. The molecule has 4 heteroatoms. The molecule has 0 aliphatic rings. The summed E-state index contributed by atoms with van der Waals surface area (Å²) in [4.78, 5) is 4.62. The minimum Gasteiger partial charge on any atom is -0.497 e. The number of pyridine rings is 1. The predicted molar refractivity (Wildman–Crippen MR) is 116 cm³/mol. The standard InChI is InChI=1S/C24H23N3O/c1-16-13-24(22-15-21(28-2)11-12-23(22)26-16)27-20-9-5-18(6-10-20)14-17-3-7-19(25)8-4-17/h3-13,15H,14,25H2,1-2H3,(H,26,27). The van der Waals surface area contributed by atoms with Gasteiger partial charge in [0, 0.05) is 28.1 Å². The van der Waals surface area contributed by atoms with Crippen molar-refractivity contribution in [2.75, 3.05) is 18.2 Å². The summed E-state index contributed by atoms with van der Waals surface area (Å²) in [5.41, 5.74) is 13.0. The summed E-state index contributed by atoms with van der Waals surface area (Å²) < 4.78 is 5.37. The Labute approximate surface area is 165 Å². The van der Waals surface area contributed by atoms with Gasteiger partial charge in [0.25, 0.3) is 0 Å². The van der Waals surface area contributed by atoms with Crippen molar-refractivity contribution < 1.29 is 4.74 Å². The van der Waals surface area contributed by atoms with Crippen molar-refractivity contribution in [2.24, 2.45) is 0 Å². The molecule has 4 nitrogen and oxygen atoms in total. The SMILES string of the molecule is COc1ccc2nc(C)cc(Nc3ccc(Cc4ccc(N)cc4)cc3)c2c1. The highest BCUT2D eigenvalue weighted by atomic mass is 16.5. The van der Waals surface area contributed by atoms with Gasteiger partial charge in [0.05, 0.1) is 12.6 Å². The Bertz CT molecular complexity index is 1100. The Morgan fingerprint density at radius 2 is 1.57 bits per heavy atom. The van der Waals surface area contributed by atoms with Gasteiger partial charge in [-0.1, -0.05) is 24.3 Å². The topological polar surface area (TPSA) is 60.2 Å². The van der Waals surface area contributed by atoms with Crippen molar-refractivity contribution in [3.05, 3.63) is 89.6 Å². The Balaban J connectivity index is 1.58. The zero-order valence-corrected chi connectivity index (χ0v) is 16.1. The number of hydrogen-bond donors (Lipinski definition) is 2. The van der Waals surface area contributed by atoms with Crippen LogP contribution in [0.3, 0.4) is 0 Å². The van der Waals surface area contributed by atoms with Crippen LogP contribution in [0.15, 0.2) is 72.8 Å². The van der Waals surface area contributed by atoms with Gasteiger partial charge in [0.1, 0.15) is 5.75 Å². The van der Waals surface area contributed by atoms with E-state index in [0.29, 0.717) is 0 Å². The molecule has 0 saturated carbocycles. The lowest BCUT2D eigenvalue weighted by atomic mass is 10.0. The number of nitrogens with one attached hydrogen (secondary N) is 1. The number of rotatable bonds is 5. The van der Waals surface area contributed by atoms with Crippen LogP contribution in [0.2, 0.25) is 0 Å². The molecule has 0 fully saturated rings. The number of nitrogens with two attached hydrogens (primary N) is 1. The van der Waals surface area contributed by atoms with Crippen LogP contribution in [-0.2, 0) is 6.42 Å². The minimum absolute atomic E-state index is 0.791. The number of fused-ring (bicyclic) bond motifs is 1. The second-order valence-corrected chi connectivity index (χ2v) is 6.93. The average Bonchev–Trinajstić information content (AvgIpc) is 2.71. The zero-order chi connectivity index (χ0) is 19.5. The van der Waals surface area contributed by atoms with Crippen LogP contribution >= 0.6 is 0 Å². The van der Waals surface area contributed by atoms with Gasteiger partial charge in [0.2, 0.25) is 0 Å². The normalized spacial score (nSPS) is 10.8. The van der Waals surface area contributed by atoms with Crippen LogP contribution in [0.1, 0.15) is 16.8 Å². The molecular formula is C24H23N3O. The first kappa shape index (κ1) is 17.9. The second-order valence-electron chi connectivity index (χ2n) is 6.93. The molecule has 0 aliphatic heterocycles. The number of methoxy groups -OCH3 is 1. The summed E-state index contributed by atoms with van der Waals surface area (Å²) in [6.07, 6.45) is 0.884. The van der Waals surface area contributed by atoms with E-state index in [9.17, 15) is 0 Å². The van der Waals surface area contributed by atoms with E-state index in [1.165, 1.54) is 11.1 Å². The van der Waals surface area contributed by atoms with Crippen molar-refractivity contribution in [1.82, 2.24) is 4.98 Å². The van der Waals surface area contributed by atoms with Gasteiger partial charge < -0.3 is 15.8 Å². The average molecular weight is 369 g/mol. The molecule has 0 unspecified atom stereocenters. The quantitative estimate of drug-likeness (QED) is 0.458. The summed E-state index contributed by atoms with van der Waals surface area (Å²) in [5, 5.41) is 4.56. The van der Waals surface area contributed by atoms with Crippen LogP contribution < -0.4 is 15.8 Å². The summed E-state index contributed by atoms with van der Waals surface area (Å²) in [7, 11) is 1.68. The first-order chi connectivity index (χ1) is 13.6. The van der Waals surface area contributed by atoms with Crippen LogP contribution in [0, 0.1) is 6.92 Å². The van der Waals surface area contributed by atoms with Gasteiger partial charge in [-0.05, 0) is 73.0 Å². The molecule has 1 aromatic heterocycles. The number of nitrogen functional groups attached to an aromatic ring is 1. The smallest absolute Gasteiger partial charge is 0.119 e. The maximum Gasteiger partial charge on any atom is 0.119 e. The van der Waals surface area contributed by atoms with Crippen molar-refractivity contribution in [3.8, 4) is 5.75 Å². The Hall–Kier alpha value is -3.53. The molecule has 3 aromatic carbocycles. The third kappa shape index (κ3) is 3.91. The van der Waals surface area contributed by atoms with Gasteiger partial charge in [-0.15, -0.1) is 0 Å². The Morgan fingerprint density at radius 1 is 0.893 bits per heavy atom. The molecule has 4 aromatic rings. The molecule has 0 radical (unpaired) electrons. The Morgan fingerprint density at radius 3 is 2.25 bits per heavy atom. The van der Waals surface area contributed by atoms with E-state index in [1.807, 2.05) is 37.3 Å². The fraction of sp³-hybridized carbons (Fsp3) is 0.125. The van der Waals surface area contributed by atoms with E-state index in [2.05, 4.69) is 52.8 Å². The number of aromatic nitrogens is 1. The van der Waals surface area contributed by atoms with Crippen LogP contribution in [0.25, 0.3) is 10.9 Å². The maximum atomic E-state index is 5.76. The van der Waals surface area contributed by atoms with Crippen molar-refractivity contribution in [2.45, 2.75) is 13.3 Å². The lowest BCUT2D eigenvalue weighted by Gasteiger charge is -2.12. The molecule has 1 heterocycles. The first-order valence-electron chi connectivity index (χ1n) is 9.26. The van der Waals surface area contributed by atoms with E-state index >= 15 is 0 Å². The number of hydrogen-bond acceptors (Lipinski definition) is 4. The third-order valence-corrected chi connectivity index (χ3v) is 4.76. The van der Waals surface area contributed by atoms with E-state index in [0.717, 1.165) is 45.8 Å². The van der Waals surface area contributed by atoms with E-state index in [1.54, 1.807) is 7.11 Å². The van der Waals surface area contributed by atoms with Crippen LogP contribution in [0.5, 0.6) is 5.75 Å². The number of benzene rings is 3. The second kappa shape index (κ2) is 7.61. The number of ether oxygens (including phenoxy) is 1. The van der Waals surface area contributed by atoms with Crippen molar-refractivity contribution in [3.63, 3.8) is 0 Å². The molecule has 4 rings (SSSR count). The highest BCUT2D eigenvalue weighted by molar-refractivity contribution is 5.94. The summed E-state index contributed by atoms with van der Waals surface area (Å²) in [5.74, 6) is 0.819. The number of nitrogens with zero attached hydrogens (tertiary/aromatic N) is 1. The van der Waals surface area contributed by atoms with Gasteiger partial charge in [-0.2, -0.15) is 0 Å². The Kier molecular flexibility index (Phi) is 4.85. The molecule has 0 aliphatic carbocycles. The minimum atomic E-state index is 0.791.